The van der Waals surface area contributed by atoms with Crippen molar-refractivity contribution in [2.45, 2.75) is 31.2 Å². The van der Waals surface area contributed by atoms with Crippen LogP contribution >= 0.6 is 0 Å². The molecule has 2 fully saturated rings. The van der Waals surface area contributed by atoms with E-state index in [9.17, 15) is 9.90 Å². The van der Waals surface area contributed by atoms with Crippen LogP contribution in [0.5, 0.6) is 5.75 Å². The monoisotopic (exact) mass is 332 g/mol. The maximum Gasteiger partial charge on any atom is 0.266 e. The highest BCUT2D eigenvalue weighted by Gasteiger charge is 2.42. The topological polar surface area (TPSA) is 80.6 Å². The fourth-order valence-electron chi connectivity index (χ4n) is 3.44. The highest BCUT2D eigenvalue weighted by Crippen LogP contribution is 2.32. The molecule has 0 saturated carbocycles. The first-order chi connectivity index (χ1) is 11.7. The summed E-state index contributed by atoms with van der Waals surface area (Å²) in [7, 11) is 0. The van der Waals surface area contributed by atoms with Crippen molar-refractivity contribution in [1.29, 1.82) is 0 Å². The second-order valence-corrected chi connectivity index (χ2v) is 6.29. The van der Waals surface area contributed by atoms with Crippen molar-refractivity contribution in [2.75, 3.05) is 26.3 Å². The van der Waals surface area contributed by atoms with Gasteiger partial charge in [0, 0.05) is 37.9 Å². The number of phenols is 1. The third-order valence-electron chi connectivity index (χ3n) is 4.81. The van der Waals surface area contributed by atoms with Crippen LogP contribution in [0.2, 0.25) is 0 Å². The lowest BCUT2D eigenvalue weighted by molar-refractivity contribution is -0.189. The van der Waals surface area contributed by atoms with Gasteiger partial charge in [0.05, 0.1) is 18.9 Å². The fourth-order valence-corrected chi connectivity index (χ4v) is 3.44. The molecule has 7 nitrogen and oxygen atoms in total. The summed E-state index contributed by atoms with van der Waals surface area (Å²) in [5, 5.41) is 13.9. The molecule has 0 aliphatic carbocycles. The summed E-state index contributed by atoms with van der Waals surface area (Å²) < 4.78 is 11.4. The van der Waals surface area contributed by atoms with Crippen LogP contribution in [-0.4, -0.2) is 59.8 Å². The number of likely N-dealkylation sites (tertiary alicyclic amines) is 1. The maximum atomic E-state index is 12.6. The third-order valence-corrected chi connectivity index (χ3v) is 4.81. The van der Waals surface area contributed by atoms with E-state index in [4.69, 9.17) is 14.3 Å². The van der Waals surface area contributed by atoms with Crippen molar-refractivity contribution in [3.05, 3.63) is 29.8 Å². The minimum atomic E-state index is -0.626. The molecule has 0 bridgehead atoms. The molecule has 3 heterocycles. The molecule has 1 atom stereocenters. The largest absolute Gasteiger partial charge is 0.507 e. The van der Waals surface area contributed by atoms with Crippen molar-refractivity contribution >= 4 is 11.6 Å². The van der Waals surface area contributed by atoms with Crippen LogP contribution < -0.4 is 0 Å². The molecule has 128 valence electrons. The average molecular weight is 332 g/mol. The van der Waals surface area contributed by atoms with Crippen molar-refractivity contribution in [1.82, 2.24) is 4.90 Å². The Morgan fingerprint density at radius 3 is 2.62 bits per heavy atom. The lowest BCUT2D eigenvalue weighted by atomic mass is 10.0. The highest BCUT2D eigenvalue weighted by molar-refractivity contribution is 6.05. The molecule has 2 saturated heterocycles. The van der Waals surface area contributed by atoms with Gasteiger partial charge in [-0.3, -0.25) is 4.79 Å². The number of phenolic OH excluding ortho intramolecular Hbond substituents is 1. The minimum absolute atomic E-state index is 0.0722. The fraction of sp³-hybridized carbons (Fsp3) is 0.529. The number of hydrogen-bond donors (Lipinski definition) is 1. The van der Waals surface area contributed by atoms with Gasteiger partial charge in [0.15, 0.2) is 5.79 Å². The summed E-state index contributed by atoms with van der Waals surface area (Å²) in [6.45, 7) is 2.42. The van der Waals surface area contributed by atoms with Crippen molar-refractivity contribution < 1.29 is 24.2 Å². The summed E-state index contributed by atoms with van der Waals surface area (Å²) in [5.74, 6) is -0.425. The number of oxime groups is 1. The summed E-state index contributed by atoms with van der Waals surface area (Å²) in [6.07, 6.45) is 1.10. The van der Waals surface area contributed by atoms with Gasteiger partial charge in [0.1, 0.15) is 5.75 Å². The number of carbonyl (C=O) groups is 1. The van der Waals surface area contributed by atoms with Gasteiger partial charge in [-0.25, -0.2) is 0 Å². The number of nitrogens with zero attached hydrogens (tertiary/aromatic N) is 2. The van der Waals surface area contributed by atoms with Gasteiger partial charge in [0.25, 0.3) is 5.91 Å². The van der Waals surface area contributed by atoms with E-state index in [0.29, 0.717) is 56.8 Å². The minimum Gasteiger partial charge on any atom is -0.507 e. The molecule has 1 aromatic rings. The van der Waals surface area contributed by atoms with Crippen molar-refractivity contribution in [3.63, 3.8) is 0 Å². The first-order valence-electron chi connectivity index (χ1n) is 8.25. The van der Waals surface area contributed by atoms with E-state index in [1.807, 2.05) is 6.07 Å². The molecule has 1 spiro atoms. The molecular formula is C17H20N2O5. The number of rotatable bonds is 2. The number of aromatic hydroxyl groups is 1. The number of para-hydroxylation sites is 1. The second-order valence-electron chi connectivity index (χ2n) is 6.29. The maximum absolute atomic E-state index is 12.6. The predicted octanol–water partition coefficient (Wildman–Crippen LogP) is 1.25. The molecule has 0 aromatic heterocycles. The van der Waals surface area contributed by atoms with E-state index in [2.05, 4.69) is 5.16 Å². The smallest absolute Gasteiger partial charge is 0.266 e. The van der Waals surface area contributed by atoms with E-state index >= 15 is 0 Å². The van der Waals surface area contributed by atoms with Gasteiger partial charge >= 0.3 is 0 Å². The lowest BCUT2D eigenvalue weighted by Crippen LogP contribution is -2.50. The zero-order chi connectivity index (χ0) is 16.6. The Bertz CT molecular complexity index is 659. The van der Waals surface area contributed by atoms with E-state index in [-0.39, 0.29) is 11.7 Å². The van der Waals surface area contributed by atoms with E-state index in [1.165, 1.54) is 0 Å². The van der Waals surface area contributed by atoms with E-state index in [1.54, 1.807) is 23.1 Å². The van der Waals surface area contributed by atoms with Crippen LogP contribution in [0.1, 0.15) is 24.8 Å². The molecular weight excluding hydrogens is 312 g/mol. The number of hydrogen-bond acceptors (Lipinski definition) is 6. The van der Waals surface area contributed by atoms with Gasteiger partial charge in [0.2, 0.25) is 6.10 Å². The molecule has 1 amide bonds. The Labute approximate surface area is 139 Å². The Hall–Kier alpha value is -2.12. The molecule has 0 radical (unpaired) electrons. The first-order valence-corrected chi connectivity index (χ1v) is 8.25. The molecule has 3 aliphatic heterocycles. The summed E-state index contributed by atoms with van der Waals surface area (Å²) in [6, 6.07) is 6.93. The predicted molar refractivity (Wildman–Crippen MR) is 84.6 cm³/mol. The van der Waals surface area contributed by atoms with Gasteiger partial charge in [-0.1, -0.05) is 17.3 Å². The molecule has 1 aromatic carbocycles. The molecule has 24 heavy (non-hydrogen) atoms. The van der Waals surface area contributed by atoms with Gasteiger partial charge in [-0.05, 0) is 12.1 Å². The zero-order valence-electron chi connectivity index (χ0n) is 13.3. The highest BCUT2D eigenvalue weighted by atomic mass is 16.7. The molecule has 0 unspecified atom stereocenters. The summed E-state index contributed by atoms with van der Waals surface area (Å²) in [5.41, 5.74) is 1.21. The van der Waals surface area contributed by atoms with Crippen LogP contribution in [0.25, 0.3) is 0 Å². The van der Waals surface area contributed by atoms with Gasteiger partial charge in [-0.2, -0.15) is 0 Å². The van der Waals surface area contributed by atoms with Crippen LogP contribution in [0.4, 0.5) is 0 Å². The van der Waals surface area contributed by atoms with E-state index < -0.39 is 11.9 Å². The zero-order valence-corrected chi connectivity index (χ0v) is 13.3. The number of piperidine rings is 1. The van der Waals surface area contributed by atoms with Crippen LogP contribution in [0.3, 0.4) is 0 Å². The van der Waals surface area contributed by atoms with Crippen LogP contribution in [-0.2, 0) is 19.1 Å². The molecule has 4 rings (SSSR count). The second kappa shape index (κ2) is 6.07. The van der Waals surface area contributed by atoms with Crippen molar-refractivity contribution in [2.24, 2.45) is 5.16 Å². The Kier molecular flexibility index (Phi) is 3.90. The SMILES string of the molecule is O=C([C@H]1CC(c2ccccc2O)=NO1)N1CCC2(CC1)OCCO2. The molecule has 1 N–H and O–H groups in total. The number of carbonyl (C=O) groups excluding carboxylic acids is 1. The number of ether oxygens (including phenoxy) is 2. The first kappa shape index (κ1) is 15.4. The Balaban J connectivity index is 1.36. The average Bonchev–Trinajstić information content (AvgIpc) is 3.26. The van der Waals surface area contributed by atoms with Crippen molar-refractivity contribution in [3.8, 4) is 5.75 Å². The lowest BCUT2D eigenvalue weighted by Gasteiger charge is -2.38. The standard InChI is InChI=1S/C17H20N2O5/c20-14-4-2-1-3-12(14)13-11-15(24-18-13)16(21)19-7-5-17(6-8-19)22-9-10-23-17/h1-4,15,20H,5-11H2/t15-/m1/s1. The number of amides is 1. The van der Waals surface area contributed by atoms with Gasteiger partial charge < -0.3 is 24.3 Å². The summed E-state index contributed by atoms with van der Waals surface area (Å²) >= 11 is 0. The number of benzene rings is 1. The Morgan fingerprint density at radius 2 is 1.92 bits per heavy atom. The normalized spacial score (nSPS) is 25.6. The molecule has 7 heteroatoms. The van der Waals surface area contributed by atoms with Gasteiger partial charge in [-0.15, -0.1) is 0 Å². The van der Waals surface area contributed by atoms with Crippen LogP contribution in [0.15, 0.2) is 29.4 Å². The molecule has 3 aliphatic rings. The summed E-state index contributed by atoms with van der Waals surface area (Å²) in [4.78, 5) is 19.8. The quantitative estimate of drug-likeness (QED) is 0.882. The third kappa shape index (κ3) is 2.74. The van der Waals surface area contributed by atoms with E-state index in [0.717, 1.165) is 0 Å². The Morgan fingerprint density at radius 1 is 1.21 bits per heavy atom. The van der Waals surface area contributed by atoms with Crippen LogP contribution in [0, 0.1) is 0 Å².